The first kappa shape index (κ1) is 18.7. The van der Waals surface area contributed by atoms with Crippen LogP contribution < -0.4 is 16.6 Å². The number of H-pyrrole nitrogens is 1. The van der Waals surface area contributed by atoms with Gasteiger partial charge in [0.1, 0.15) is 0 Å². The van der Waals surface area contributed by atoms with E-state index in [1.807, 2.05) is 40.5 Å². The van der Waals surface area contributed by atoms with Crippen molar-refractivity contribution in [1.29, 1.82) is 0 Å². The lowest BCUT2D eigenvalue weighted by Gasteiger charge is -2.11. The molecule has 0 saturated heterocycles. The third kappa shape index (κ3) is 3.84. The minimum atomic E-state index is -0.477. The topological polar surface area (TPSA) is 103 Å². The number of anilines is 1. The number of imidazole rings is 2. The summed E-state index contributed by atoms with van der Waals surface area (Å²) < 4.78 is 5.20. The van der Waals surface area contributed by atoms with Crippen LogP contribution in [0.25, 0.3) is 11.2 Å². The molecule has 0 aliphatic rings. The number of aryl methyl sites for hydroxylation is 3. The minimum absolute atomic E-state index is 0.364. The molecule has 0 spiro atoms. The summed E-state index contributed by atoms with van der Waals surface area (Å²) in [6.45, 7) is 4.00. The van der Waals surface area contributed by atoms with Crippen LogP contribution in [0, 0.1) is 6.92 Å². The molecule has 0 aliphatic carbocycles. The van der Waals surface area contributed by atoms with E-state index < -0.39 is 11.2 Å². The number of hydrogen-bond acceptors (Lipinski definition) is 5. The van der Waals surface area contributed by atoms with Gasteiger partial charge >= 0.3 is 5.69 Å². The number of nitrogens with zero attached hydrogens (tertiary/aromatic N) is 5. The maximum Gasteiger partial charge on any atom is 0.329 e. The van der Waals surface area contributed by atoms with E-state index in [0.717, 1.165) is 24.1 Å². The molecule has 9 nitrogen and oxygen atoms in total. The van der Waals surface area contributed by atoms with E-state index >= 15 is 0 Å². The van der Waals surface area contributed by atoms with E-state index in [0.29, 0.717) is 30.2 Å². The largest absolute Gasteiger partial charge is 0.356 e. The van der Waals surface area contributed by atoms with Gasteiger partial charge in [-0.2, -0.15) is 4.98 Å². The number of nitrogens with one attached hydrogen (secondary N) is 2. The van der Waals surface area contributed by atoms with E-state index in [4.69, 9.17) is 0 Å². The first-order valence-electron chi connectivity index (χ1n) is 9.47. The zero-order valence-electron chi connectivity index (χ0n) is 16.4. The van der Waals surface area contributed by atoms with Crippen LogP contribution in [0.4, 0.5) is 5.95 Å². The Kier molecular flexibility index (Phi) is 5.03. The molecular formula is C20H23N7O2. The molecule has 3 aromatic heterocycles. The summed E-state index contributed by atoms with van der Waals surface area (Å²) in [4.78, 5) is 35.5. The Hall–Kier alpha value is -3.62. The zero-order valence-corrected chi connectivity index (χ0v) is 16.4. The average molecular weight is 393 g/mol. The van der Waals surface area contributed by atoms with Crippen LogP contribution in [0.5, 0.6) is 0 Å². The Labute approximate surface area is 166 Å². The molecule has 0 amide bonds. The molecule has 0 fully saturated rings. The Morgan fingerprint density at radius 3 is 2.86 bits per heavy atom. The van der Waals surface area contributed by atoms with Crippen molar-refractivity contribution in [3.63, 3.8) is 0 Å². The highest BCUT2D eigenvalue weighted by Crippen LogP contribution is 2.18. The molecule has 29 heavy (non-hydrogen) atoms. The lowest BCUT2D eigenvalue weighted by Crippen LogP contribution is -2.29. The van der Waals surface area contributed by atoms with E-state index in [9.17, 15) is 9.59 Å². The van der Waals surface area contributed by atoms with E-state index in [1.165, 1.54) is 4.57 Å². The zero-order chi connectivity index (χ0) is 20.4. The van der Waals surface area contributed by atoms with Crippen LogP contribution in [0.2, 0.25) is 0 Å². The van der Waals surface area contributed by atoms with Gasteiger partial charge in [-0.1, -0.05) is 29.8 Å². The standard InChI is InChI=1S/C20H23N7O2/c1-14-5-3-6-15(11-14)12-27-16-17(25(2)20(29)24-18(16)28)23-19(27)22-7-4-9-26-10-8-21-13-26/h3,5-6,8,10-11,13H,4,7,9,12H2,1-2H3,(H,22,23)(H,24,28,29). The molecule has 0 bridgehead atoms. The lowest BCUT2D eigenvalue weighted by molar-refractivity contribution is 0.657. The molecular weight excluding hydrogens is 370 g/mol. The first-order chi connectivity index (χ1) is 14.0. The van der Waals surface area contributed by atoms with E-state index in [-0.39, 0.29) is 0 Å². The predicted octanol–water partition coefficient (Wildman–Crippen LogP) is 1.48. The smallest absolute Gasteiger partial charge is 0.329 e. The molecule has 3 heterocycles. The van der Waals surface area contributed by atoms with Gasteiger partial charge < -0.3 is 9.88 Å². The predicted molar refractivity (Wildman–Crippen MR) is 111 cm³/mol. The van der Waals surface area contributed by atoms with Crippen molar-refractivity contribution in [2.75, 3.05) is 11.9 Å². The maximum atomic E-state index is 12.6. The molecule has 150 valence electrons. The Bertz CT molecular complexity index is 1250. The fourth-order valence-corrected chi connectivity index (χ4v) is 3.40. The fraction of sp³-hybridized carbons (Fsp3) is 0.300. The highest BCUT2D eigenvalue weighted by molar-refractivity contribution is 5.74. The van der Waals surface area contributed by atoms with Crippen molar-refractivity contribution in [2.45, 2.75) is 26.4 Å². The van der Waals surface area contributed by atoms with Crippen molar-refractivity contribution in [3.05, 3.63) is 75.0 Å². The normalized spacial score (nSPS) is 11.2. The van der Waals surface area contributed by atoms with Crippen molar-refractivity contribution in [2.24, 2.45) is 7.05 Å². The highest BCUT2D eigenvalue weighted by Gasteiger charge is 2.17. The minimum Gasteiger partial charge on any atom is -0.356 e. The van der Waals surface area contributed by atoms with Crippen LogP contribution in [0.3, 0.4) is 0 Å². The fourth-order valence-electron chi connectivity index (χ4n) is 3.40. The molecule has 0 aliphatic heterocycles. The quantitative estimate of drug-likeness (QED) is 0.463. The van der Waals surface area contributed by atoms with Crippen molar-refractivity contribution >= 4 is 17.1 Å². The van der Waals surface area contributed by atoms with Crippen LogP contribution in [-0.4, -0.2) is 35.2 Å². The molecule has 0 atom stereocenters. The third-order valence-corrected chi connectivity index (χ3v) is 4.87. The van der Waals surface area contributed by atoms with E-state index in [2.05, 4.69) is 26.3 Å². The Morgan fingerprint density at radius 2 is 2.10 bits per heavy atom. The van der Waals surface area contributed by atoms with Crippen LogP contribution in [-0.2, 0) is 20.1 Å². The number of fused-ring (bicyclic) bond motifs is 1. The van der Waals surface area contributed by atoms with Gasteiger partial charge in [0.25, 0.3) is 5.56 Å². The van der Waals surface area contributed by atoms with Gasteiger partial charge in [-0.05, 0) is 18.9 Å². The summed E-state index contributed by atoms with van der Waals surface area (Å²) in [7, 11) is 1.60. The van der Waals surface area contributed by atoms with Crippen molar-refractivity contribution < 1.29 is 0 Å². The first-order valence-corrected chi connectivity index (χ1v) is 9.47. The second-order valence-corrected chi connectivity index (χ2v) is 7.08. The van der Waals surface area contributed by atoms with Crippen LogP contribution >= 0.6 is 0 Å². The molecule has 4 aromatic rings. The van der Waals surface area contributed by atoms with Gasteiger partial charge in [0, 0.05) is 32.5 Å². The van der Waals surface area contributed by atoms with E-state index in [1.54, 1.807) is 19.6 Å². The second-order valence-electron chi connectivity index (χ2n) is 7.08. The lowest BCUT2D eigenvalue weighted by atomic mass is 10.1. The monoisotopic (exact) mass is 393 g/mol. The molecule has 1 aromatic carbocycles. The maximum absolute atomic E-state index is 12.6. The molecule has 0 unspecified atom stereocenters. The molecule has 0 saturated carbocycles. The average Bonchev–Trinajstić information content (AvgIpc) is 3.32. The molecule has 9 heteroatoms. The Balaban J connectivity index is 1.67. The summed E-state index contributed by atoms with van der Waals surface area (Å²) in [6.07, 6.45) is 6.31. The number of aromatic amines is 1. The summed E-state index contributed by atoms with van der Waals surface area (Å²) in [5.74, 6) is 0.568. The molecule has 4 rings (SSSR count). The van der Waals surface area contributed by atoms with Gasteiger partial charge in [0.15, 0.2) is 11.2 Å². The van der Waals surface area contributed by atoms with Crippen LogP contribution in [0.15, 0.2) is 52.6 Å². The van der Waals surface area contributed by atoms with Gasteiger partial charge in [0.05, 0.1) is 12.9 Å². The van der Waals surface area contributed by atoms with Gasteiger partial charge in [-0.25, -0.2) is 9.78 Å². The summed E-state index contributed by atoms with van der Waals surface area (Å²) in [5.41, 5.74) is 2.03. The third-order valence-electron chi connectivity index (χ3n) is 4.87. The van der Waals surface area contributed by atoms with Gasteiger partial charge in [-0.3, -0.25) is 18.9 Å². The second kappa shape index (κ2) is 7.78. The number of benzene rings is 1. The van der Waals surface area contributed by atoms with Crippen LogP contribution in [0.1, 0.15) is 17.5 Å². The summed E-state index contributed by atoms with van der Waals surface area (Å²) in [5, 5.41) is 3.32. The highest BCUT2D eigenvalue weighted by atomic mass is 16.2. The number of aromatic nitrogens is 6. The summed E-state index contributed by atoms with van der Waals surface area (Å²) >= 11 is 0. The Morgan fingerprint density at radius 1 is 1.24 bits per heavy atom. The van der Waals surface area contributed by atoms with Crippen molar-refractivity contribution in [1.82, 2.24) is 28.7 Å². The summed E-state index contributed by atoms with van der Waals surface area (Å²) in [6, 6.07) is 8.10. The molecule has 0 radical (unpaired) electrons. The number of hydrogen-bond donors (Lipinski definition) is 2. The van der Waals surface area contributed by atoms with Gasteiger partial charge in [0.2, 0.25) is 5.95 Å². The SMILES string of the molecule is Cc1cccc(Cn2c(NCCCn3ccnc3)nc3c2c(=O)[nH]c(=O)n3C)c1. The van der Waals surface area contributed by atoms with Crippen molar-refractivity contribution in [3.8, 4) is 0 Å². The molecule has 2 N–H and O–H groups in total. The number of rotatable bonds is 7. The van der Waals surface area contributed by atoms with Gasteiger partial charge in [-0.15, -0.1) is 0 Å².